The molecule has 40 heavy (non-hydrogen) atoms. The predicted octanol–water partition coefficient (Wildman–Crippen LogP) is 6.17. The number of benzene rings is 2. The maximum absolute atomic E-state index is 6.25. The monoisotopic (exact) mass is 535 g/mol. The summed E-state index contributed by atoms with van der Waals surface area (Å²) in [4.78, 5) is 9.08. The molecule has 0 saturated heterocycles. The fourth-order valence-corrected chi connectivity index (χ4v) is 6.80. The Morgan fingerprint density at radius 2 is 1.73 bits per heavy atom. The summed E-state index contributed by atoms with van der Waals surface area (Å²) in [5, 5.41) is 9.54. The molecule has 0 spiro atoms. The third-order valence-electron chi connectivity index (χ3n) is 8.57. The molecule has 3 aromatic heterocycles. The van der Waals surface area contributed by atoms with Crippen LogP contribution in [0.3, 0.4) is 0 Å². The Kier molecular flexibility index (Phi) is 5.91. The minimum atomic E-state index is 0.309. The van der Waals surface area contributed by atoms with Gasteiger partial charge >= 0.3 is 0 Å². The normalized spacial score (nSPS) is 20.9. The molecule has 8 heteroatoms. The highest BCUT2D eigenvalue weighted by atomic mass is 16.5. The minimum absolute atomic E-state index is 0.309. The van der Waals surface area contributed by atoms with Crippen LogP contribution < -0.4 is 24.8 Å². The topological polar surface area (TPSA) is 81.9 Å². The van der Waals surface area contributed by atoms with Gasteiger partial charge in [-0.25, -0.2) is 9.97 Å². The molecular formula is C32H33N5O3. The molecule has 3 saturated carbocycles. The van der Waals surface area contributed by atoms with E-state index in [1.165, 1.54) is 24.6 Å². The van der Waals surface area contributed by atoms with Crippen LogP contribution in [0.5, 0.6) is 17.2 Å². The van der Waals surface area contributed by atoms with Gasteiger partial charge in [0.05, 0.1) is 20.8 Å². The Morgan fingerprint density at radius 3 is 2.58 bits per heavy atom. The number of anilines is 2. The smallest absolute Gasteiger partial charge is 0.179 e. The van der Waals surface area contributed by atoms with Gasteiger partial charge in [-0.1, -0.05) is 12.1 Å². The summed E-state index contributed by atoms with van der Waals surface area (Å²) in [5.41, 5.74) is 3.74. The third kappa shape index (κ3) is 4.24. The van der Waals surface area contributed by atoms with Crippen molar-refractivity contribution in [3.8, 4) is 17.2 Å². The molecule has 2 bridgehead atoms. The van der Waals surface area contributed by atoms with Crippen LogP contribution in [0, 0.1) is 10.8 Å². The first-order valence-corrected chi connectivity index (χ1v) is 13.7. The van der Waals surface area contributed by atoms with E-state index in [2.05, 4.69) is 44.9 Å². The molecule has 3 fully saturated rings. The minimum Gasteiger partial charge on any atom is -0.497 e. The van der Waals surface area contributed by atoms with Crippen molar-refractivity contribution >= 4 is 27.9 Å². The summed E-state index contributed by atoms with van der Waals surface area (Å²) >= 11 is 0. The van der Waals surface area contributed by atoms with Gasteiger partial charge in [0.2, 0.25) is 0 Å². The molecule has 3 aliphatic rings. The average Bonchev–Trinajstić information content (AvgIpc) is 3.44. The van der Waals surface area contributed by atoms with Gasteiger partial charge in [-0.2, -0.15) is 0 Å². The van der Waals surface area contributed by atoms with Crippen LogP contribution in [0.4, 0.5) is 11.5 Å². The Labute approximate surface area is 233 Å². The molecule has 0 atom stereocenters. The lowest BCUT2D eigenvalue weighted by Gasteiger charge is -2.70. The van der Waals surface area contributed by atoms with E-state index >= 15 is 0 Å². The molecular weight excluding hydrogens is 502 g/mol. The van der Waals surface area contributed by atoms with E-state index < -0.39 is 0 Å². The molecule has 8 rings (SSSR count). The Hall–Kier alpha value is -4.46. The highest BCUT2D eigenvalue weighted by Gasteiger charge is 2.67. The summed E-state index contributed by atoms with van der Waals surface area (Å²) < 4.78 is 19.1. The molecule has 5 aromatic rings. The lowest BCUT2D eigenvalue weighted by atomic mass is 9.35. The number of methoxy groups -OCH3 is 2. The van der Waals surface area contributed by atoms with E-state index in [4.69, 9.17) is 14.2 Å². The fraction of sp³-hybridized carbons (Fsp3) is 0.312. The fourth-order valence-electron chi connectivity index (χ4n) is 6.80. The molecule has 8 nitrogen and oxygen atoms in total. The second kappa shape index (κ2) is 9.62. The molecule has 3 heterocycles. The molecule has 0 unspecified atom stereocenters. The third-order valence-corrected chi connectivity index (χ3v) is 8.57. The van der Waals surface area contributed by atoms with Crippen molar-refractivity contribution in [3.05, 3.63) is 84.9 Å². The van der Waals surface area contributed by atoms with Gasteiger partial charge < -0.3 is 29.2 Å². The number of pyridine rings is 2. The van der Waals surface area contributed by atoms with Crippen LogP contribution in [0.2, 0.25) is 0 Å². The van der Waals surface area contributed by atoms with Crippen molar-refractivity contribution in [1.82, 2.24) is 14.4 Å². The van der Waals surface area contributed by atoms with Crippen LogP contribution in [-0.2, 0) is 6.54 Å². The molecule has 0 aliphatic heterocycles. The van der Waals surface area contributed by atoms with E-state index in [-0.39, 0.29) is 0 Å². The molecule has 2 N–H and O–H groups in total. The molecule has 3 aliphatic carbocycles. The number of hydrogen-bond donors (Lipinski definition) is 2. The summed E-state index contributed by atoms with van der Waals surface area (Å²) in [7, 11) is 3.33. The molecule has 0 radical (unpaired) electrons. The highest BCUT2D eigenvalue weighted by Crippen LogP contribution is 2.73. The van der Waals surface area contributed by atoms with Crippen LogP contribution in [-0.4, -0.2) is 41.7 Å². The lowest BCUT2D eigenvalue weighted by Crippen LogP contribution is -2.66. The van der Waals surface area contributed by atoms with E-state index in [0.29, 0.717) is 17.4 Å². The van der Waals surface area contributed by atoms with Crippen molar-refractivity contribution in [2.24, 2.45) is 10.8 Å². The van der Waals surface area contributed by atoms with E-state index in [1.54, 1.807) is 14.2 Å². The SMILES string of the molecule is COc1ccc(CNc2nccc3c(NCC45CC(COc6cccn7ccnc67)(C4)C5)cccc23)c(OC)c1. The predicted molar refractivity (Wildman–Crippen MR) is 157 cm³/mol. The number of fused-ring (bicyclic) bond motifs is 2. The number of hydrogen-bond acceptors (Lipinski definition) is 7. The Balaban J connectivity index is 0.985. The van der Waals surface area contributed by atoms with Gasteiger partial charge in [0.1, 0.15) is 17.3 Å². The number of nitrogens with zero attached hydrogens (tertiary/aromatic N) is 3. The summed E-state index contributed by atoms with van der Waals surface area (Å²) in [6, 6.07) is 18.3. The van der Waals surface area contributed by atoms with Crippen molar-refractivity contribution in [2.45, 2.75) is 25.8 Å². The van der Waals surface area contributed by atoms with E-state index in [0.717, 1.165) is 58.5 Å². The van der Waals surface area contributed by atoms with Crippen LogP contribution in [0.25, 0.3) is 16.4 Å². The molecule has 204 valence electrons. The van der Waals surface area contributed by atoms with Gasteiger partial charge in [-0.15, -0.1) is 0 Å². The van der Waals surface area contributed by atoms with Crippen molar-refractivity contribution in [1.29, 1.82) is 0 Å². The van der Waals surface area contributed by atoms with E-state index in [9.17, 15) is 0 Å². The van der Waals surface area contributed by atoms with Gasteiger partial charge in [0.25, 0.3) is 0 Å². The number of nitrogens with one attached hydrogen (secondary N) is 2. The van der Waals surface area contributed by atoms with Gasteiger partial charge in [-0.05, 0) is 61.1 Å². The standard InChI is InChI=1S/C32H33N5O3/c1-38-23-9-8-22(28(15-23)39-2)16-35-29-25-5-3-6-26(24(25)10-11-33-29)36-20-31-17-32(18-31,19-31)21-40-27-7-4-13-37-14-12-34-30(27)37/h3-15,36H,16-21H2,1-2H3,(H,33,35). The van der Waals surface area contributed by atoms with Crippen molar-refractivity contribution in [3.63, 3.8) is 0 Å². The zero-order valence-corrected chi connectivity index (χ0v) is 22.8. The zero-order valence-electron chi connectivity index (χ0n) is 22.8. The quantitative estimate of drug-likeness (QED) is 0.209. The second-order valence-electron chi connectivity index (χ2n) is 11.3. The Bertz CT molecular complexity index is 1680. The number of aromatic nitrogens is 3. The van der Waals surface area contributed by atoms with Crippen molar-refractivity contribution in [2.75, 3.05) is 38.0 Å². The van der Waals surface area contributed by atoms with E-state index in [1.807, 2.05) is 59.5 Å². The van der Waals surface area contributed by atoms with Crippen LogP contribution in [0.15, 0.2) is 79.4 Å². The summed E-state index contributed by atoms with van der Waals surface area (Å²) in [6.45, 7) is 2.33. The second-order valence-corrected chi connectivity index (χ2v) is 11.3. The number of rotatable bonds is 11. The van der Waals surface area contributed by atoms with Crippen molar-refractivity contribution < 1.29 is 14.2 Å². The zero-order chi connectivity index (χ0) is 27.2. The first kappa shape index (κ1) is 24.6. The first-order valence-electron chi connectivity index (χ1n) is 13.7. The Morgan fingerprint density at radius 1 is 0.825 bits per heavy atom. The highest BCUT2D eigenvalue weighted by molar-refractivity contribution is 5.99. The van der Waals surface area contributed by atoms with Gasteiger partial charge in [0.15, 0.2) is 11.4 Å². The van der Waals surface area contributed by atoms with Crippen LogP contribution >= 0.6 is 0 Å². The molecule has 2 aromatic carbocycles. The maximum Gasteiger partial charge on any atom is 0.179 e. The summed E-state index contributed by atoms with van der Waals surface area (Å²) in [6.07, 6.45) is 11.2. The van der Waals surface area contributed by atoms with Gasteiger partial charge in [-0.3, -0.25) is 0 Å². The average molecular weight is 536 g/mol. The first-order chi connectivity index (χ1) is 19.6. The maximum atomic E-state index is 6.25. The number of imidazole rings is 1. The van der Waals surface area contributed by atoms with Gasteiger partial charge in [0, 0.05) is 71.4 Å². The largest absolute Gasteiger partial charge is 0.497 e. The van der Waals surface area contributed by atoms with Crippen LogP contribution in [0.1, 0.15) is 24.8 Å². The lowest BCUT2D eigenvalue weighted by molar-refractivity contribution is -0.209. The number of ether oxygens (including phenoxy) is 3. The molecule has 0 amide bonds. The summed E-state index contributed by atoms with van der Waals surface area (Å²) in [5.74, 6) is 3.28.